The summed E-state index contributed by atoms with van der Waals surface area (Å²) in [5.74, 6) is -0.387. The van der Waals surface area contributed by atoms with Crippen molar-refractivity contribution >= 4 is 40.7 Å². The molecule has 2 N–H and O–H groups in total. The van der Waals surface area contributed by atoms with Gasteiger partial charge in [0, 0.05) is 32.9 Å². The van der Waals surface area contributed by atoms with Crippen LogP contribution in [0.25, 0.3) is 0 Å². The van der Waals surface area contributed by atoms with Gasteiger partial charge >= 0.3 is 0 Å². The molecule has 1 fully saturated rings. The van der Waals surface area contributed by atoms with Gasteiger partial charge in [-0.1, -0.05) is 36.0 Å². The molecule has 6 heteroatoms. The van der Waals surface area contributed by atoms with Crippen molar-refractivity contribution in [1.82, 2.24) is 5.32 Å². The molecule has 0 atom stereocenters. The smallest absolute Gasteiger partial charge is 0.255 e. The van der Waals surface area contributed by atoms with E-state index in [2.05, 4.69) is 10.6 Å². The van der Waals surface area contributed by atoms with Crippen LogP contribution in [0.3, 0.4) is 0 Å². The van der Waals surface area contributed by atoms with Gasteiger partial charge in [-0.3, -0.25) is 9.59 Å². The first-order chi connectivity index (χ1) is 12.0. The summed E-state index contributed by atoms with van der Waals surface area (Å²) in [6.07, 6.45) is 4.40. The maximum absolute atomic E-state index is 12.3. The molecule has 3 rings (SSSR count). The highest BCUT2D eigenvalue weighted by molar-refractivity contribution is 6.35. The lowest BCUT2D eigenvalue weighted by Crippen LogP contribution is -2.32. The van der Waals surface area contributed by atoms with Crippen LogP contribution < -0.4 is 10.6 Å². The number of amides is 2. The van der Waals surface area contributed by atoms with E-state index in [0.29, 0.717) is 26.9 Å². The van der Waals surface area contributed by atoms with E-state index in [-0.39, 0.29) is 17.9 Å². The van der Waals surface area contributed by atoms with Crippen molar-refractivity contribution in [3.8, 4) is 0 Å². The molecule has 2 aromatic rings. The molecule has 0 aromatic heterocycles. The molecular formula is C19H18Cl2N2O2. The highest BCUT2D eigenvalue weighted by Crippen LogP contribution is 2.23. The molecule has 0 spiro atoms. The summed E-state index contributed by atoms with van der Waals surface area (Å²) in [7, 11) is 0. The fourth-order valence-corrected chi connectivity index (χ4v) is 3.47. The largest absolute Gasteiger partial charge is 0.349 e. The molecule has 2 aromatic carbocycles. The summed E-state index contributed by atoms with van der Waals surface area (Å²) in [6, 6.07) is 11.7. The van der Waals surface area contributed by atoms with Gasteiger partial charge in [0.25, 0.3) is 11.8 Å². The van der Waals surface area contributed by atoms with Gasteiger partial charge in [0.15, 0.2) is 0 Å². The predicted molar refractivity (Wildman–Crippen MR) is 101 cm³/mol. The first-order valence-electron chi connectivity index (χ1n) is 8.19. The number of anilines is 1. The number of benzene rings is 2. The molecule has 1 saturated carbocycles. The van der Waals surface area contributed by atoms with Crippen molar-refractivity contribution in [2.75, 3.05) is 5.32 Å². The highest BCUT2D eigenvalue weighted by Gasteiger charge is 2.18. The lowest BCUT2D eigenvalue weighted by Gasteiger charge is -2.12. The summed E-state index contributed by atoms with van der Waals surface area (Å²) in [4.78, 5) is 24.5. The van der Waals surface area contributed by atoms with Gasteiger partial charge in [0.05, 0.1) is 0 Å². The van der Waals surface area contributed by atoms with Crippen LogP contribution in [0.1, 0.15) is 46.4 Å². The monoisotopic (exact) mass is 376 g/mol. The minimum absolute atomic E-state index is 0.0968. The number of carbonyl (C=O) groups excluding carboxylic acids is 2. The van der Waals surface area contributed by atoms with Crippen LogP contribution in [0.5, 0.6) is 0 Å². The van der Waals surface area contributed by atoms with E-state index in [1.165, 1.54) is 0 Å². The zero-order valence-electron chi connectivity index (χ0n) is 13.5. The molecule has 25 heavy (non-hydrogen) atoms. The SMILES string of the molecule is O=C(Nc1cc(Cl)cc(Cl)c1)c1ccc(C(=O)NC2CCCC2)cc1. The molecule has 0 unspecified atom stereocenters. The lowest BCUT2D eigenvalue weighted by atomic mass is 10.1. The quantitative estimate of drug-likeness (QED) is 0.795. The minimum Gasteiger partial charge on any atom is -0.349 e. The number of nitrogens with one attached hydrogen (secondary N) is 2. The van der Waals surface area contributed by atoms with E-state index in [1.807, 2.05) is 0 Å². The van der Waals surface area contributed by atoms with Crippen LogP contribution in [-0.2, 0) is 0 Å². The second-order valence-electron chi connectivity index (χ2n) is 6.14. The van der Waals surface area contributed by atoms with Crippen molar-refractivity contribution in [3.05, 3.63) is 63.6 Å². The maximum Gasteiger partial charge on any atom is 0.255 e. The third-order valence-corrected chi connectivity index (χ3v) is 4.66. The third kappa shape index (κ3) is 4.74. The van der Waals surface area contributed by atoms with Crippen molar-refractivity contribution < 1.29 is 9.59 Å². The van der Waals surface area contributed by atoms with Crippen LogP contribution in [0, 0.1) is 0 Å². The molecule has 0 heterocycles. The van der Waals surface area contributed by atoms with Crippen LogP contribution in [0.2, 0.25) is 10.0 Å². The summed E-state index contributed by atoms with van der Waals surface area (Å²) in [5.41, 5.74) is 1.52. The Bertz CT molecular complexity index is 764. The molecular weight excluding hydrogens is 359 g/mol. The van der Waals surface area contributed by atoms with Gasteiger partial charge in [-0.15, -0.1) is 0 Å². The van der Waals surface area contributed by atoms with Crippen molar-refractivity contribution in [3.63, 3.8) is 0 Å². The van der Waals surface area contributed by atoms with Gasteiger partial charge in [-0.05, 0) is 55.3 Å². The Morgan fingerprint density at radius 2 is 1.36 bits per heavy atom. The number of rotatable bonds is 4. The maximum atomic E-state index is 12.3. The van der Waals surface area contributed by atoms with Gasteiger partial charge in [0.2, 0.25) is 0 Å². The minimum atomic E-state index is -0.291. The number of hydrogen-bond acceptors (Lipinski definition) is 2. The van der Waals surface area contributed by atoms with Crippen molar-refractivity contribution in [2.45, 2.75) is 31.7 Å². The van der Waals surface area contributed by atoms with Gasteiger partial charge in [0.1, 0.15) is 0 Å². The van der Waals surface area contributed by atoms with Gasteiger partial charge in [-0.2, -0.15) is 0 Å². The van der Waals surface area contributed by atoms with Crippen LogP contribution >= 0.6 is 23.2 Å². The number of carbonyl (C=O) groups is 2. The first kappa shape index (κ1) is 17.8. The summed E-state index contributed by atoms with van der Waals surface area (Å²) in [6.45, 7) is 0. The lowest BCUT2D eigenvalue weighted by molar-refractivity contribution is 0.0936. The highest BCUT2D eigenvalue weighted by atomic mass is 35.5. The zero-order valence-corrected chi connectivity index (χ0v) is 15.0. The van der Waals surface area contributed by atoms with Gasteiger partial charge in [-0.25, -0.2) is 0 Å². The molecule has 0 saturated heterocycles. The second-order valence-corrected chi connectivity index (χ2v) is 7.02. The van der Waals surface area contributed by atoms with Crippen LogP contribution in [0.15, 0.2) is 42.5 Å². The topological polar surface area (TPSA) is 58.2 Å². The third-order valence-electron chi connectivity index (χ3n) is 4.22. The second kappa shape index (κ2) is 7.89. The molecule has 130 valence electrons. The van der Waals surface area contributed by atoms with E-state index < -0.39 is 0 Å². The van der Waals surface area contributed by atoms with Gasteiger partial charge < -0.3 is 10.6 Å². The Morgan fingerprint density at radius 1 is 0.840 bits per heavy atom. The molecule has 1 aliphatic carbocycles. The van der Waals surface area contributed by atoms with Crippen LogP contribution in [-0.4, -0.2) is 17.9 Å². The molecule has 0 bridgehead atoms. The Hall–Kier alpha value is -2.04. The fraction of sp³-hybridized carbons (Fsp3) is 0.263. The Morgan fingerprint density at radius 3 is 1.92 bits per heavy atom. The fourth-order valence-electron chi connectivity index (χ4n) is 2.94. The zero-order chi connectivity index (χ0) is 17.8. The first-order valence-corrected chi connectivity index (χ1v) is 8.95. The van der Waals surface area contributed by atoms with E-state index >= 15 is 0 Å². The Labute approximate surface area is 156 Å². The molecule has 4 nitrogen and oxygen atoms in total. The number of hydrogen-bond donors (Lipinski definition) is 2. The predicted octanol–water partition coefficient (Wildman–Crippen LogP) is 4.92. The normalized spacial score (nSPS) is 14.3. The van der Waals surface area contributed by atoms with E-state index in [4.69, 9.17) is 23.2 Å². The standard InChI is InChI=1S/C19H18Cl2N2O2/c20-14-9-15(21)11-17(10-14)23-19(25)13-7-5-12(6-8-13)18(24)22-16-3-1-2-4-16/h5-11,16H,1-4H2,(H,22,24)(H,23,25). The Kier molecular flexibility index (Phi) is 5.61. The molecule has 2 amide bonds. The van der Waals surface area contributed by atoms with Crippen molar-refractivity contribution in [2.24, 2.45) is 0 Å². The molecule has 0 aliphatic heterocycles. The van der Waals surface area contributed by atoms with Crippen LogP contribution in [0.4, 0.5) is 5.69 Å². The molecule has 1 aliphatic rings. The van der Waals surface area contributed by atoms with E-state index in [1.54, 1.807) is 42.5 Å². The van der Waals surface area contributed by atoms with Crippen molar-refractivity contribution in [1.29, 1.82) is 0 Å². The Balaban J connectivity index is 1.64. The summed E-state index contributed by atoms with van der Waals surface area (Å²) >= 11 is 11.8. The summed E-state index contributed by atoms with van der Waals surface area (Å²) < 4.78 is 0. The van der Waals surface area contributed by atoms with E-state index in [9.17, 15) is 9.59 Å². The average molecular weight is 377 g/mol. The number of halogens is 2. The average Bonchev–Trinajstić information content (AvgIpc) is 3.07. The van der Waals surface area contributed by atoms with E-state index in [0.717, 1.165) is 25.7 Å². The summed E-state index contributed by atoms with van der Waals surface area (Å²) in [5, 5.41) is 6.66. The molecule has 0 radical (unpaired) electrons.